The van der Waals surface area contributed by atoms with Crippen LogP contribution in [0.5, 0.6) is 0 Å². The zero-order valence-electron chi connectivity index (χ0n) is 24.1. The lowest BCUT2D eigenvalue weighted by Gasteiger charge is -2.27. The number of ether oxygens (including phenoxy) is 1. The van der Waals surface area contributed by atoms with Crippen molar-refractivity contribution >= 4 is 27.7 Å². The SMILES string of the molecule is CS(=O)(=O)/C=C/[C@H](Cc1ccccc1)NC(=O)[C@H](Cc1ccccc1)NC(=O)[C@@H]1CCCN1C(=O)OCc1ccccc1. The predicted molar refractivity (Wildman–Crippen MR) is 164 cm³/mol. The number of nitrogens with zero attached hydrogens (tertiary/aromatic N) is 1. The number of hydrogen-bond acceptors (Lipinski definition) is 6. The molecular formula is C33H37N3O6S. The van der Waals surface area contributed by atoms with Crippen LogP contribution in [0.4, 0.5) is 4.79 Å². The Balaban J connectivity index is 1.48. The number of benzene rings is 3. The van der Waals surface area contributed by atoms with Gasteiger partial charge in [-0.1, -0.05) is 97.1 Å². The quantitative estimate of drug-likeness (QED) is 0.325. The van der Waals surface area contributed by atoms with Gasteiger partial charge >= 0.3 is 6.09 Å². The van der Waals surface area contributed by atoms with Crippen molar-refractivity contribution < 1.29 is 27.5 Å². The minimum Gasteiger partial charge on any atom is -0.445 e. The molecule has 9 nitrogen and oxygen atoms in total. The first-order valence-electron chi connectivity index (χ1n) is 14.2. The van der Waals surface area contributed by atoms with Crippen molar-refractivity contribution in [1.29, 1.82) is 0 Å². The molecule has 1 aliphatic heterocycles. The summed E-state index contributed by atoms with van der Waals surface area (Å²) in [7, 11) is -3.43. The lowest BCUT2D eigenvalue weighted by atomic mass is 10.0. The minimum atomic E-state index is -3.43. The highest BCUT2D eigenvalue weighted by molar-refractivity contribution is 7.93. The van der Waals surface area contributed by atoms with Crippen molar-refractivity contribution in [3.63, 3.8) is 0 Å². The van der Waals surface area contributed by atoms with Crippen LogP contribution >= 0.6 is 0 Å². The monoisotopic (exact) mass is 603 g/mol. The van der Waals surface area contributed by atoms with Crippen LogP contribution in [-0.4, -0.2) is 62.2 Å². The van der Waals surface area contributed by atoms with Crippen LogP contribution < -0.4 is 10.6 Å². The maximum Gasteiger partial charge on any atom is 0.410 e. The van der Waals surface area contributed by atoms with E-state index in [0.717, 1.165) is 28.4 Å². The van der Waals surface area contributed by atoms with E-state index in [1.165, 1.54) is 11.0 Å². The van der Waals surface area contributed by atoms with Gasteiger partial charge < -0.3 is 15.4 Å². The Morgan fingerprint density at radius 1 is 0.860 bits per heavy atom. The molecule has 4 rings (SSSR count). The molecule has 226 valence electrons. The topological polar surface area (TPSA) is 122 Å². The Morgan fingerprint density at radius 2 is 1.42 bits per heavy atom. The summed E-state index contributed by atoms with van der Waals surface area (Å²) >= 11 is 0. The van der Waals surface area contributed by atoms with Gasteiger partial charge in [-0.05, 0) is 36.0 Å². The fraction of sp³-hybridized carbons (Fsp3) is 0.303. The van der Waals surface area contributed by atoms with E-state index in [9.17, 15) is 22.8 Å². The van der Waals surface area contributed by atoms with Gasteiger partial charge in [-0.15, -0.1) is 0 Å². The Morgan fingerprint density at radius 3 is 2.00 bits per heavy atom. The molecule has 0 spiro atoms. The maximum absolute atomic E-state index is 13.7. The van der Waals surface area contributed by atoms with Crippen LogP contribution in [-0.2, 0) is 43.6 Å². The van der Waals surface area contributed by atoms with E-state index in [0.29, 0.717) is 25.8 Å². The number of amides is 3. The van der Waals surface area contributed by atoms with Crippen LogP contribution in [0.25, 0.3) is 0 Å². The lowest BCUT2D eigenvalue weighted by Crippen LogP contribution is -2.55. The van der Waals surface area contributed by atoms with Gasteiger partial charge in [0, 0.05) is 24.6 Å². The normalized spacial score (nSPS) is 16.4. The molecule has 0 aliphatic carbocycles. The summed E-state index contributed by atoms with van der Waals surface area (Å²) in [6.45, 7) is 0.462. The molecule has 0 unspecified atom stereocenters. The zero-order chi connectivity index (χ0) is 30.7. The van der Waals surface area contributed by atoms with E-state index in [1.807, 2.05) is 91.0 Å². The standard InChI is InChI=1S/C33H37N3O6S/c1-43(40,41)21-19-28(22-25-12-5-2-6-13-25)34-31(37)29(23-26-14-7-3-8-15-26)35-32(38)30-18-11-20-36(30)33(39)42-24-27-16-9-4-10-17-27/h2-10,12-17,19,21,28-30H,11,18,20,22-24H2,1H3,(H,34,37)(H,35,38)/b21-19+/t28-,29+,30+/m1/s1. The molecule has 43 heavy (non-hydrogen) atoms. The highest BCUT2D eigenvalue weighted by Crippen LogP contribution is 2.20. The molecule has 3 atom stereocenters. The van der Waals surface area contributed by atoms with Gasteiger partial charge in [0.05, 0.1) is 6.04 Å². The molecule has 0 aromatic heterocycles. The average molecular weight is 604 g/mol. The highest BCUT2D eigenvalue weighted by atomic mass is 32.2. The molecular weight excluding hydrogens is 566 g/mol. The second-order valence-electron chi connectivity index (χ2n) is 10.6. The third-order valence-electron chi connectivity index (χ3n) is 7.09. The predicted octanol–water partition coefficient (Wildman–Crippen LogP) is 3.80. The molecule has 1 fully saturated rings. The van der Waals surface area contributed by atoms with Gasteiger partial charge in [0.2, 0.25) is 11.8 Å². The van der Waals surface area contributed by atoms with Crippen molar-refractivity contribution in [3.05, 3.63) is 119 Å². The molecule has 1 aliphatic rings. The van der Waals surface area contributed by atoms with Gasteiger partial charge in [-0.3, -0.25) is 14.5 Å². The Kier molecular flexibility index (Phi) is 11.1. The van der Waals surface area contributed by atoms with Crippen LogP contribution in [0, 0.1) is 0 Å². The number of carbonyl (C=O) groups excluding carboxylic acids is 3. The second-order valence-corrected chi connectivity index (χ2v) is 12.5. The molecule has 10 heteroatoms. The van der Waals surface area contributed by atoms with Gasteiger partial charge in [0.25, 0.3) is 0 Å². The lowest BCUT2D eigenvalue weighted by molar-refractivity contribution is -0.131. The first-order chi connectivity index (χ1) is 20.7. The van der Waals surface area contributed by atoms with Crippen molar-refractivity contribution in [3.8, 4) is 0 Å². The number of nitrogens with one attached hydrogen (secondary N) is 2. The van der Waals surface area contributed by atoms with E-state index in [4.69, 9.17) is 4.74 Å². The third kappa shape index (κ3) is 10.1. The molecule has 0 bridgehead atoms. The average Bonchev–Trinajstić information content (AvgIpc) is 3.50. The van der Waals surface area contributed by atoms with E-state index in [2.05, 4.69) is 10.6 Å². The Labute approximate surface area is 252 Å². The van der Waals surface area contributed by atoms with Gasteiger partial charge in [-0.2, -0.15) is 0 Å². The van der Waals surface area contributed by atoms with Gasteiger partial charge in [-0.25, -0.2) is 13.2 Å². The number of rotatable bonds is 12. The van der Waals surface area contributed by atoms with Gasteiger partial charge in [0.1, 0.15) is 18.7 Å². The van der Waals surface area contributed by atoms with Crippen molar-refractivity contribution in [2.45, 2.75) is 50.4 Å². The second kappa shape index (κ2) is 15.2. The largest absolute Gasteiger partial charge is 0.445 e. The number of carbonyl (C=O) groups is 3. The van der Waals surface area contributed by atoms with Crippen LogP contribution in [0.2, 0.25) is 0 Å². The summed E-state index contributed by atoms with van der Waals surface area (Å²) in [6.07, 6.45) is 3.58. The van der Waals surface area contributed by atoms with Crippen LogP contribution in [0.3, 0.4) is 0 Å². The number of hydrogen-bond donors (Lipinski definition) is 2. The summed E-state index contributed by atoms with van der Waals surface area (Å²) in [5, 5.41) is 6.85. The molecule has 0 radical (unpaired) electrons. The fourth-order valence-corrected chi connectivity index (χ4v) is 5.42. The number of sulfone groups is 1. The molecule has 3 aromatic rings. The maximum atomic E-state index is 13.7. The molecule has 3 aromatic carbocycles. The minimum absolute atomic E-state index is 0.0906. The molecule has 1 heterocycles. The summed E-state index contributed by atoms with van der Waals surface area (Å²) in [6, 6.07) is 25.6. The summed E-state index contributed by atoms with van der Waals surface area (Å²) in [4.78, 5) is 41.5. The number of likely N-dealkylation sites (tertiary alicyclic amines) is 1. The molecule has 2 N–H and O–H groups in total. The summed E-state index contributed by atoms with van der Waals surface area (Å²) in [5.74, 6) is -0.913. The van der Waals surface area contributed by atoms with Crippen molar-refractivity contribution in [2.24, 2.45) is 0 Å². The molecule has 3 amide bonds. The molecule has 1 saturated heterocycles. The van der Waals surface area contributed by atoms with E-state index in [1.54, 1.807) is 0 Å². The van der Waals surface area contributed by atoms with E-state index in [-0.39, 0.29) is 13.0 Å². The Bertz CT molecular complexity index is 1500. The van der Waals surface area contributed by atoms with Crippen LogP contribution in [0.1, 0.15) is 29.5 Å². The smallest absolute Gasteiger partial charge is 0.410 e. The van der Waals surface area contributed by atoms with Gasteiger partial charge in [0.15, 0.2) is 9.84 Å². The zero-order valence-corrected chi connectivity index (χ0v) is 24.9. The summed E-state index contributed by atoms with van der Waals surface area (Å²) < 4.78 is 29.2. The van der Waals surface area contributed by atoms with Crippen LogP contribution in [0.15, 0.2) is 102 Å². The van der Waals surface area contributed by atoms with E-state index < -0.39 is 45.9 Å². The fourth-order valence-electron chi connectivity index (χ4n) is 4.94. The highest BCUT2D eigenvalue weighted by Gasteiger charge is 2.37. The molecule has 0 saturated carbocycles. The third-order valence-corrected chi connectivity index (χ3v) is 7.75. The van der Waals surface area contributed by atoms with Crippen molar-refractivity contribution in [1.82, 2.24) is 15.5 Å². The first kappa shape index (κ1) is 31.5. The first-order valence-corrected chi connectivity index (χ1v) is 16.2. The van der Waals surface area contributed by atoms with Crippen molar-refractivity contribution in [2.75, 3.05) is 12.8 Å². The summed E-state index contributed by atoms with van der Waals surface area (Å²) in [5.41, 5.74) is 2.58. The Hall–Kier alpha value is -4.44. The van der Waals surface area contributed by atoms with E-state index >= 15 is 0 Å².